The average molecular weight is 317 g/mol. The van der Waals surface area contributed by atoms with Gasteiger partial charge in [-0.25, -0.2) is 0 Å². The van der Waals surface area contributed by atoms with Crippen LogP contribution in [0.4, 0.5) is 0 Å². The van der Waals surface area contributed by atoms with Crippen LogP contribution in [0.15, 0.2) is 0 Å². The van der Waals surface area contributed by atoms with Crippen molar-refractivity contribution in [1.82, 2.24) is 0 Å². The zero-order valence-corrected chi connectivity index (χ0v) is 13.5. The predicted octanol–water partition coefficient (Wildman–Crippen LogP) is 5.32. The number of rotatable bonds is 7. The van der Waals surface area contributed by atoms with Crippen molar-refractivity contribution in [3.63, 3.8) is 0 Å². The molecular weight excluding hydrogens is 288 g/mol. The van der Waals surface area contributed by atoms with E-state index in [2.05, 4.69) is 22.9 Å². The van der Waals surface area contributed by atoms with E-state index in [-0.39, 0.29) is 5.60 Å². The van der Waals surface area contributed by atoms with Gasteiger partial charge in [0.15, 0.2) is 0 Å². The first kappa shape index (κ1) is 14.8. The molecule has 0 aromatic heterocycles. The second kappa shape index (κ2) is 7.28. The molecule has 0 saturated heterocycles. The molecule has 0 aromatic carbocycles. The highest BCUT2D eigenvalue weighted by molar-refractivity contribution is 9.09. The molecule has 106 valence electrons. The lowest BCUT2D eigenvalue weighted by Crippen LogP contribution is -2.39. The maximum absolute atomic E-state index is 6.31. The van der Waals surface area contributed by atoms with Crippen molar-refractivity contribution in [2.75, 3.05) is 11.9 Å². The summed E-state index contributed by atoms with van der Waals surface area (Å²) in [7, 11) is 0. The summed E-state index contributed by atoms with van der Waals surface area (Å²) in [6.45, 7) is 3.30. The topological polar surface area (TPSA) is 9.23 Å². The van der Waals surface area contributed by atoms with Crippen LogP contribution in [-0.4, -0.2) is 17.5 Å². The first-order chi connectivity index (χ1) is 8.78. The van der Waals surface area contributed by atoms with Crippen LogP contribution >= 0.6 is 15.9 Å². The van der Waals surface area contributed by atoms with Crippen LogP contribution in [-0.2, 0) is 4.74 Å². The Morgan fingerprint density at radius 1 is 1.06 bits per heavy atom. The molecule has 2 heteroatoms. The molecule has 0 heterocycles. The van der Waals surface area contributed by atoms with Gasteiger partial charge >= 0.3 is 0 Å². The Balaban J connectivity index is 1.69. The smallest absolute Gasteiger partial charge is 0.0779 e. The fourth-order valence-electron chi connectivity index (χ4n) is 3.44. The summed E-state index contributed by atoms with van der Waals surface area (Å²) in [4.78, 5) is 0. The molecule has 18 heavy (non-hydrogen) atoms. The van der Waals surface area contributed by atoms with Crippen molar-refractivity contribution >= 4 is 15.9 Å². The summed E-state index contributed by atoms with van der Waals surface area (Å²) in [6, 6.07) is 0. The molecule has 0 aromatic rings. The molecule has 0 spiro atoms. The van der Waals surface area contributed by atoms with E-state index in [0.29, 0.717) is 0 Å². The monoisotopic (exact) mass is 316 g/mol. The van der Waals surface area contributed by atoms with E-state index in [0.717, 1.165) is 23.8 Å². The molecule has 2 rings (SSSR count). The maximum atomic E-state index is 6.31. The lowest BCUT2D eigenvalue weighted by atomic mass is 9.78. The van der Waals surface area contributed by atoms with Gasteiger partial charge < -0.3 is 4.74 Å². The quantitative estimate of drug-likeness (QED) is 0.578. The molecule has 0 aliphatic heterocycles. The Kier molecular flexibility index (Phi) is 6.00. The molecule has 2 saturated carbocycles. The van der Waals surface area contributed by atoms with Crippen LogP contribution in [0.2, 0.25) is 0 Å². The van der Waals surface area contributed by atoms with E-state index in [4.69, 9.17) is 4.74 Å². The predicted molar refractivity (Wildman–Crippen MR) is 81.3 cm³/mol. The second-order valence-corrected chi connectivity index (χ2v) is 7.04. The Morgan fingerprint density at radius 2 is 1.72 bits per heavy atom. The van der Waals surface area contributed by atoms with Gasteiger partial charge in [-0.05, 0) is 43.9 Å². The molecule has 0 radical (unpaired) electrons. The summed E-state index contributed by atoms with van der Waals surface area (Å²) in [5.74, 6) is 1.95. The largest absolute Gasteiger partial charge is 0.374 e. The first-order valence-corrected chi connectivity index (χ1v) is 9.10. The van der Waals surface area contributed by atoms with Crippen molar-refractivity contribution in [2.24, 2.45) is 11.8 Å². The summed E-state index contributed by atoms with van der Waals surface area (Å²) in [5.41, 5.74) is 0.175. The van der Waals surface area contributed by atoms with E-state index in [1.165, 1.54) is 64.2 Å². The van der Waals surface area contributed by atoms with Crippen LogP contribution in [0.25, 0.3) is 0 Å². The van der Waals surface area contributed by atoms with Crippen molar-refractivity contribution in [3.05, 3.63) is 0 Å². The van der Waals surface area contributed by atoms with Gasteiger partial charge in [-0.15, -0.1) is 0 Å². The molecule has 0 atom stereocenters. The van der Waals surface area contributed by atoms with E-state index in [9.17, 15) is 0 Å². The van der Waals surface area contributed by atoms with E-state index in [1.54, 1.807) is 0 Å². The summed E-state index contributed by atoms with van der Waals surface area (Å²) >= 11 is 3.70. The van der Waals surface area contributed by atoms with Crippen molar-refractivity contribution in [2.45, 2.75) is 76.7 Å². The Labute approximate surface area is 121 Å². The molecule has 2 fully saturated rings. The molecule has 0 N–H and O–H groups in total. The maximum Gasteiger partial charge on any atom is 0.0779 e. The van der Waals surface area contributed by atoms with Gasteiger partial charge in [0.25, 0.3) is 0 Å². The molecule has 0 unspecified atom stereocenters. The van der Waals surface area contributed by atoms with Gasteiger partial charge in [-0.2, -0.15) is 0 Å². The van der Waals surface area contributed by atoms with Crippen LogP contribution in [0, 0.1) is 11.8 Å². The molecule has 1 nitrogen and oxygen atoms in total. The van der Waals surface area contributed by atoms with Gasteiger partial charge in [0, 0.05) is 11.9 Å². The zero-order chi connectivity index (χ0) is 12.8. The van der Waals surface area contributed by atoms with Crippen LogP contribution in [0.5, 0.6) is 0 Å². The standard InChI is InChI=1S/C16H29BrO/c1-2-4-14-7-10-16(13-17,11-8-14)18-12-9-15-5-3-6-15/h14-15H,2-13H2,1H3. The van der Waals surface area contributed by atoms with Crippen LogP contribution in [0.3, 0.4) is 0 Å². The fourth-order valence-corrected chi connectivity index (χ4v) is 4.16. The highest BCUT2D eigenvalue weighted by Gasteiger charge is 2.35. The summed E-state index contributed by atoms with van der Waals surface area (Å²) < 4.78 is 6.31. The van der Waals surface area contributed by atoms with Crippen molar-refractivity contribution < 1.29 is 4.74 Å². The summed E-state index contributed by atoms with van der Waals surface area (Å²) in [5, 5.41) is 1.03. The molecule has 2 aliphatic rings. The lowest BCUT2D eigenvalue weighted by molar-refractivity contribution is -0.0669. The highest BCUT2D eigenvalue weighted by atomic mass is 79.9. The average Bonchev–Trinajstić information content (AvgIpc) is 2.35. The fraction of sp³-hybridized carbons (Fsp3) is 1.00. The van der Waals surface area contributed by atoms with E-state index < -0.39 is 0 Å². The molecular formula is C16H29BrO. The van der Waals surface area contributed by atoms with Gasteiger partial charge in [0.2, 0.25) is 0 Å². The van der Waals surface area contributed by atoms with Gasteiger partial charge in [-0.1, -0.05) is 55.0 Å². The Morgan fingerprint density at radius 3 is 2.22 bits per heavy atom. The number of hydrogen-bond donors (Lipinski definition) is 0. The first-order valence-electron chi connectivity index (χ1n) is 7.98. The summed E-state index contributed by atoms with van der Waals surface area (Å²) in [6.07, 6.45) is 13.7. The molecule has 2 aliphatic carbocycles. The number of ether oxygens (including phenoxy) is 1. The van der Waals surface area contributed by atoms with E-state index in [1.807, 2.05) is 0 Å². The third kappa shape index (κ3) is 3.96. The number of halogens is 1. The van der Waals surface area contributed by atoms with Gasteiger partial charge in [0.05, 0.1) is 5.60 Å². The minimum atomic E-state index is 0.175. The SMILES string of the molecule is CCCC1CCC(CBr)(OCCC2CCC2)CC1. The zero-order valence-electron chi connectivity index (χ0n) is 11.9. The minimum Gasteiger partial charge on any atom is -0.374 e. The van der Waals surface area contributed by atoms with E-state index >= 15 is 0 Å². The number of alkyl halides is 1. The van der Waals surface area contributed by atoms with Gasteiger partial charge in [-0.3, -0.25) is 0 Å². The van der Waals surface area contributed by atoms with Crippen LogP contribution < -0.4 is 0 Å². The van der Waals surface area contributed by atoms with Gasteiger partial charge in [0.1, 0.15) is 0 Å². The minimum absolute atomic E-state index is 0.175. The third-order valence-corrected chi connectivity index (χ3v) is 6.14. The van der Waals surface area contributed by atoms with Crippen molar-refractivity contribution in [1.29, 1.82) is 0 Å². The third-order valence-electron chi connectivity index (χ3n) is 5.12. The molecule has 0 bridgehead atoms. The number of hydrogen-bond acceptors (Lipinski definition) is 1. The Hall–Kier alpha value is 0.440. The highest BCUT2D eigenvalue weighted by Crippen LogP contribution is 2.38. The molecule has 0 amide bonds. The lowest BCUT2D eigenvalue weighted by Gasteiger charge is -2.39. The normalized spacial score (nSPS) is 33.3. The Bertz CT molecular complexity index is 229. The van der Waals surface area contributed by atoms with Crippen LogP contribution in [0.1, 0.15) is 71.1 Å². The second-order valence-electron chi connectivity index (χ2n) is 6.48. The van der Waals surface area contributed by atoms with Crippen molar-refractivity contribution in [3.8, 4) is 0 Å².